The van der Waals surface area contributed by atoms with E-state index in [1.807, 2.05) is 4.90 Å². The summed E-state index contributed by atoms with van der Waals surface area (Å²) in [5.41, 5.74) is 0. The number of likely N-dealkylation sites (N-methyl/N-ethyl adjacent to an activating group) is 1. The largest absolute Gasteiger partial charge is 0.335 e. The predicted molar refractivity (Wildman–Crippen MR) is 98.2 cm³/mol. The molecule has 5 heteroatoms. The van der Waals surface area contributed by atoms with Gasteiger partial charge in [-0.15, -0.1) is 0 Å². The van der Waals surface area contributed by atoms with Crippen molar-refractivity contribution in [1.82, 2.24) is 20.0 Å². The topological polar surface area (TPSA) is 38.8 Å². The average molecular weight is 337 g/mol. The molecule has 138 valence electrons. The molecule has 2 aliphatic heterocycles. The van der Waals surface area contributed by atoms with E-state index in [1.165, 1.54) is 38.6 Å². The van der Waals surface area contributed by atoms with Crippen molar-refractivity contribution in [2.45, 2.75) is 63.5 Å². The van der Waals surface area contributed by atoms with Crippen molar-refractivity contribution in [2.75, 3.05) is 46.8 Å². The van der Waals surface area contributed by atoms with E-state index in [9.17, 15) is 4.79 Å². The van der Waals surface area contributed by atoms with Gasteiger partial charge in [0.25, 0.3) is 0 Å². The van der Waals surface area contributed by atoms with E-state index in [0.717, 1.165) is 51.4 Å². The fraction of sp³-hybridized carbons (Fsp3) is 0.947. The van der Waals surface area contributed by atoms with Crippen LogP contribution in [0.2, 0.25) is 0 Å². The molecule has 24 heavy (non-hydrogen) atoms. The van der Waals surface area contributed by atoms with E-state index < -0.39 is 0 Å². The average Bonchev–Trinajstić information content (AvgIpc) is 3.10. The summed E-state index contributed by atoms with van der Waals surface area (Å²) < 4.78 is 0. The molecule has 0 aromatic heterocycles. The lowest BCUT2D eigenvalue weighted by atomic mass is 10.0. The number of nitrogens with one attached hydrogen (secondary N) is 1. The van der Waals surface area contributed by atoms with Crippen LogP contribution in [0.4, 0.5) is 4.79 Å². The SMILES string of the molecule is CN(C)[C@@H]1CCCN(C(=O)NC2CCN(CC3CCCC3)CC2)C1. The maximum Gasteiger partial charge on any atom is 0.317 e. The van der Waals surface area contributed by atoms with Crippen molar-refractivity contribution in [2.24, 2.45) is 5.92 Å². The highest BCUT2D eigenvalue weighted by atomic mass is 16.2. The Balaban J connectivity index is 1.38. The van der Waals surface area contributed by atoms with Gasteiger partial charge in [0.05, 0.1) is 0 Å². The number of likely N-dealkylation sites (tertiary alicyclic amines) is 2. The summed E-state index contributed by atoms with van der Waals surface area (Å²) in [6.45, 7) is 5.39. The Morgan fingerprint density at radius 3 is 2.38 bits per heavy atom. The summed E-state index contributed by atoms with van der Waals surface area (Å²) in [5.74, 6) is 0.937. The van der Waals surface area contributed by atoms with E-state index in [4.69, 9.17) is 0 Å². The minimum absolute atomic E-state index is 0.163. The molecule has 0 aromatic carbocycles. The molecule has 0 spiro atoms. The fourth-order valence-corrected chi connectivity index (χ4v) is 4.64. The lowest BCUT2D eigenvalue weighted by molar-refractivity contribution is 0.130. The van der Waals surface area contributed by atoms with Crippen LogP contribution < -0.4 is 5.32 Å². The van der Waals surface area contributed by atoms with Crippen LogP contribution in [0.5, 0.6) is 0 Å². The second-order valence-electron chi connectivity index (χ2n) is 8.38. The molecule has 0 radical (unpaired) electrons. The van der Waals surface area contributed by atoms with Gasteiger partial charge in [0.1, 0.15) is 0 Å². The summed E-state index contributed by atoms with van der Waals surface area (Å²) in [6, 6.07) is 1.05. The van der Waals surface area contributed by atoms with Crippen LogP contribution in [0, 0.1) is 5.92 Å². The van der Waals surface area contributed by atoms with Crippen LogP contribution in [0.3, 0.4) is 0 Å². The smallest absolute Gasteiger partial charge is 0.317 e. The zero-order valence-electron chi connectivity index (χ0n) is 15.7. The van der Waals surface area contributed by atoms with Gasteiger partial charge in [-0.1, -0.05) is 12.8 Å². The minimum atomic E-state index is 0.163. The lowest BCUT2D eigenvalue weighted by Crippen LogP contribution is -2.54. The quantitative estimate of drug-likeness (QED) is 0.857. The van der Waals surface area contributed by atoms with Gasteiger partial charge in [-0.2, -0.15) is 0 Å². The highest BCUT2D eigenvalue weighted by Crippen LogP contribution is 2.26. The van der Waals surface area contributed by atoms with Crippen molar-refractivity contribution >= 4 is 6.03 Å². The summed E-state index contributed by atoms with van der Waals surface area (Å²) >= 11 is 0. The Morgan fingerprint density at radius 1 is 1.00 bits per heavy atom. The number of urea groups is 1. The Morgan fingerprint density at radius 2 is 1.71 bits per heavy atom. The molecule has 0 bridgehead atoms. The van der Waals surface area contributed by atoms with Crippen LogP contribution in [-0.4, -0.2) is 79.6 Å². The lowest BCUT2D eigenvalue weighted by Gasteiger charge is -2.38. The first-order valence-electron chi connectivity index (χ1n) is 10.1. The molecule has 2 amide bonds. The Bertz CT molecular complexity index is 400. The number of nitrogens with zero attached hydrogens (tertiary/aromatic N) is 3. The summed E-state index contributed by atoms with van der Waals surface area (Å²) in [7, 11) is 4.23. The maximum absolute atomic E-state index is 12.6. The predicted octanol–water partition coefficient (Wildman–Crippen LogP) is 2.38. The monoisotopic (exact) mass is 336 g/mol. The zero-order valence-corrected chi connectivity index (χ0v) is 15.7. The summed E-state index contributed by atoms with van der Waals surface area (Å²) in [4.78, 5) is 19.5. The Hall–Kier alpha value is -0.810. The third-order valence-corrected chi connectivity index (χ3v) is 6.32. The fourth-order valence-electron chi connectivity index (χ4n) is 4.64. The summed E-state index contributed by atoms with van der Waals surface area (Å²) in [5, 5.41) is 3.30. The summed E-state index contributed by atoms with van der Waals surface area (Å²) in [6.07, 6.45) is 10.3. The normalized spacial score (nSPS) is 27.8. The van der Waals surface area contributed by atoms with Crippen molar-refractivity contribution in [3.63, 3.8) is 0 Å². The van der Waals surface area contributed by atoms with E-state index in [2.05, 4.69) is 29.2 Å². The first kappa shape index (κ1) is 18.0. The van der Waals surface area contributed by atoms with Crippen molar-refractivity contribution in [3.8, 4) is 0 Å². The van der Waals surface area contributed by atoms with Gasteiger partial charge in [0.15, 0.2) is 0 Å². The highest BCUT2D eigenvalue weighted by molar-refractivity contribution is 5.74. The standard InChI is InChI=1S/C19H36N4O/c1-21(2)18-8-5-11-23(15-18)19(24)20-17-9-12-22(13-10-17)14-16-6-3-4-7-16/h16-18H,3-15H2,1-2H3,(H,20,24)/t18-/m1/s1. The molecule has 5 nitrogen and oxygen atoms in total. The Kier molecular flexibility index (Phi) is 6.39. The number of carbonyl (C=O) groups excluding carboxylic acids is 1. The number of rotatable bonds is 4. The number of piperidine rings is 2. The number of hydrogen-bond acceptors (Lipinski definition) is 3. The van der Waals surface area contributed by atoms with Crippen LogP contribution >= 0.6 is 0 Å². The van der Waals surface area contributed by atoms with E-state index in [1.54, 1.807) is 0 Å². The van der Waals surface area contributed by atoms with Crippen LogP contribution in [0.15, 0.2) is 0 Å². The van der Waals surface area contributed by atoms with E-state index >= 15 is 0 Å². The molecular weight excluding hydrogens is 300 g/mol. The molecule has 3 rings (SSSR count). The number of carbonyl (C=O) groups is 1. The van der Waals surface area contributed by atoms with E-state index in [-0.39, 0.29) is 6.03 Å². The second kappa shape index (κ2) is 8.52. The molecule has 3 fully saturated rings. The maximum atomic E-state index is 12.6. The molecule has 1 N–H and O–H groups in total. The van der Waals surface area contributed by atoms with Gasteiger partial charge in [-0.25, -0.2) is 4.79 Å². The number of hydrogen-bond donors (Lipinski definition) is 1. The number of amides is 2. The molecular formula is C19H36N4O. The molecule has 0 unspecified atom stereocenters. The molecule has 0 aromatic rings. The van der Waals surface area contributed by atoms with Crippen LogP contribution in [0.1, 0.15) is 51.4 Å². The second-order valence-corrected chi connectivity index (χ2v) is 8.38. The van der Waals surface area contributed by atoms with Gasteiger partial charge >= 0.3 is 6.03 Å². The molecule has 2 heterocycles. The zero-order chi connectivity index (χ0) is 16.9. The van der Waals surface area contributed by atoms with Crippen molar-refractivity contribution in [3.05, 3.63) is 0 Å². The first-order chi connectivity index (χ1) is 11.6. The third kappa shape index (κ3) is 4.85. The third-order valence-electron chi connectivity index (χ3n) is 6.32. The molecule has 2 saturated heterocycles. The Labute approximate surface area is 147 Å². The molecule has 1 atom stereocenters. The highest BCUT2D eigenvalue weighted by Gasteiger charge is 2.28. The molecule has 3 aliphatic rings. The van der Waals surface area contributed by atoms with Crippen molar-refractivity contribution in [1.29, 1.82) is 0 Å². The van der Waals surface area contributed by atoms with Crippen LogP contribution in [0.25, 0.3) is 0 Å². The van der Waals surface area contributed by atoms with Gasteiger partial charge < -0.3 is 20.0 Å². The van der Waals surface area contributed by atoms with E-state index in [0.29, 0.717) is 12.1 Å². The van der Waals surface area contributed by atoms with Gasteiger partial charge in [0.2, 0.25) is 0 Å². The van der Waals surface area contributed by atoms with Gasteiger partial charge in [-0.05, 0) is 58.5 Å². The van der Waals surface area contributed by atoms with Gasteiger partial charge in [0, 0.05) is 44.8 Å². The first-order valence-corrected chi connectivity index (χ1v) is 10.1. The van der Waals surface area contributed by atoms with Gasteiger partial charge in [-0.3, -0.25) is 0 Å². The minimum Gasteiger partial charge on any atom is -0.335 e. The van der Waals surface area contributed by atoms with Crippen molar-refractivity contribution < 1.29 is 4.79 Å². The molecule has 1 saturated carbocycles. The molecule has 1 aliphatic carbocycles. The van der Waals surface area contributed by atoms with Crippen LogP contribution in [-0.2, 0) is 0 Å².